The molecule has 2 aromatic rings. The second-order valence-electron chi connectivity index (χ2n) is 7.83. The van der Waals surface area contributed by atoms with E-state index in [1.807, 2.05) is 13.0 Å². The SMILES string of the molecule is CC(NCC(N)=O)c1cccc(C(=O)N2CCC(Oc3cccc(OC(F)(F)F)c3)CC2)c1. The molecule has 3 N–H and O–H groups in total. The van der Waals surface area contributed by atoms with Crippen LogP contribution >= 0.6 is 0 Å². The van der Waals surface area contributed by atoms with E-state index in [1.165, 1.54) is 18.2 Å². The number of benzene rings is 2. The molecule has 1 fully saturated rings. The second-order valence-corrected chi connectivity index (χ2v) is 7.83. The van der Waals surface area contributed by atoms with Crippen molar-refractivity contribution in [3.63, 3.8) is 0 Å². The van der Waals surface area contributed by atoms with Gasteiger partial charge in [-0.1, -0.05) is 18.2 Å². The molecule has 2 aromatic carbocycles. The highest BCUT2D eigenvalue weighted by Gasteiger charge is 2.31. The second kappa shape index (κ2) is 10.6. The zero-order valence-corrected chi connectivity index (χ0v) is 18.1. The summed E-state index contributed by atoms with van der Waals surface area (Å²) in [6, 6.07) is 12.4. The van der Waals surface area contributed by atoms with E-state index in [1.54, 1.807) is 29.2 Å². The Morgan fingerprint density at radius 2 is 1.79 bits per heavy atom. The van der Waals surface area contributed by atoms with Crippen molar-refractivity contribution in [1.82, 2.24) is 10.2 Å². The van der Waals surface area contributed by atoms with Gasteiger partial charge < -0.3 is 25.4 Å². The summed E-state index contributed by atoms with van der Waals surface area (Å²) < 4.78 is 47.0. The zero-order chi connectivity index (χ0) is 24.0. The van der Waals surface area contributed by atoms with Crippen LogP contribution in [0.15, 0.2) is 48.5 Å². The first kappa shape index (κ1) is 24.4. The molecule has 0 radical (unpaired) electrons. The van der Waals surface area contributed by atoms with Gasteiger partial charge in [-0.05, 0) is 36.8 Å². The zero-order valence-electron chi connectivity index (χ0n) is 18.1. The minimum atomic E-state index is -4.77. The molecule has 1 aliphatic rings. The van der Waals surface area contributed by atoms with Crippen molar-refractivity contribution in [2.75, 3.05) is 19.6 Å². The summed E-state index contributed by atoms with van der Waals surface area (Å²) >= 11 is 0. The van der Waals surface area contributed by atoms with Gasteiger partial charge in [0.1, 0.15) is 17.6 Å². The third-order valence-corrected chi connectivity index (χ3v) is 5.29. The first-order valence-corrected chi connectivity index (χ1v) is 10.5. The van der Waals surface area contributed by atoms with Crippen molar-refractivity contribution in [1.29, 1.82) is 0 Å². The summed E-state index contributed by atoms with van der Waals surface area (Å²) in [5.74, 6) is -0.629. The highest BCUT2D eigenvalue weighted by molar-refractivity contribution is 5.94. The fourth-order valence-electron chi connectivity index (χ4n) is 3.61. The van der Waals surface area contributed by atoms with Crippen molar-refractivity contribution in [3.05, 3.63) is 59.7 Å². The summed E-state index contributed by atoms with van der Waals surface area (Å²) in [4.78, 5) is 25.6. The van der Waals surface area contributed by atoms with Gasteiger partial charge in [-0.25, -0.2) is 0 Å². The lowest BCUT2D eigenvalue weighted by Crippen LogP contribution is -2.41. The highest BCUT2D eigenvalue weighted by Crippen LogP contribution is 2.28. The molecule has 1 aliphatic heterocycles. The van der Waals surface area contributed by atoms with Gasteiger partial charge >= 0.3 is 6.36 Å². The highest BCUT2D eigenvalue weighted by atomic mass is 19.4. The monoisotopic (exact) mass is 465 g/mol. The Bertz CT molecular complexity index is 975. The third kappa shape index (κ3) is 7.38. The number of nitrogens with one attached hydrogen (secondary N) is 1. The third-order valence-electron chi connectivity index (χ3n) is 5.29. The van der Waals surface area contributed by atoms with E-state index < -0.39 is 12.3 Å². The Balaban J connectivity index is 1.55. The fraction of sp³-hybridized carbons (Fsp3) is 0.391. The maximum absolute atomic E-state index is 13.0. The molecule has 33 heavy (non-hydrogen) atoms. The normalized spacial score (nSPS) is 15.7. The predicted octanol–water partition coefficient (Wildman–Crippen LogP) is 3.40. The number of alkyl halides is 3. The number of hydrogen-bond acceptors (Lipinski definition) is 5. The van der Waals surface area contributed by atoms with Crippen molar-refractivity contribution in [2.24, 2.45) is 5.73 Å². The van der Waals surface area contributed by atoms with Crippen molar-refractivity contribution in [2.45, 2.75) is 38.3 Å². The molecule has 0 spiro atoms. The predicted molar refractivity (Wildman–Crippen MR) is 115 cm³/mol. The molecule has 1 unspecified atom stereocenters. The number of halogens is 3. The quantitative estimate of drug-likeness (QED) is 0.623. The largest absolute Gasteiger partial charge is 0.573 e. The number of carbonyl (C=O) groups excluding carboxylic acids is 2. The molecule has 7 nitrogen and oxygen atoms in total. The Hall–Kier alpha value is -3.27. The number of piperidine rings is 1. The van der Waals surface area contributed by atoms with Crippen LogP contribution in [0.25, 0.3) is 0 Å². The topological polar surface area (TPSA) is 93.9 Å². The summed E-state index contributed by atoms with van der Waals surface area (Å²) in [7, 11) is 0. The van der Waals surface area contributed by atoms with Gasteiger partial charge in [0.15, 0.2) is 0 Å². The van der Waals surface area contributed by atoms with E-state index in [-0.39, 0.29) is 36.1 Å². The summed E-state index contributed by atoms with van der Waals surface area (Å²) in [5.41, 5.74) is 6.56. The van der Waals surface area contributed by atoms with Gasteiger partial charge in [-0.3, -0.25) is 9.59 Å². The average molecular weight is 465 g/mol. The molecule has 0 bridgehead atoms. The van der Waals surface area contributed by atoms with Crippen LogP contribution in [-0.4, -0.2) is 48.8 Å². The van der Waals surface area contributed by atoms with Crippen LogP contribution < -0.4 is 20.5 Å². The Labute approximate surface area is 189 Å². The number of nitrogens with zero attached hydrogens (tertiary/aromatic N) is 1. The van der Waals surface area contributed by atoms with E-state index >= 15 is 0 Å². The van der Waals surface area contributed by atoms with Crippen molar-refractivity contribution < 1.29 is 32.2 Å². The van der Waals surface area contributed by atoms with Crippen LogP contribution in [0.2, 0.25) is 0 Å². The lowest BCUT2D eigenvalue weighted by Gasteiger charge is -2.32. The van der Waals surface area contributed by atoms with Gasteiger partial charge in [-0.2, -0.15) is 0 Å². The van der Waals surface area contributed by atoms with E-state index in [2.05, 4.69) is 10.1 Å². The fourth-order valence-corrected chi connectivity index (χ4v) is 3.61. The number of ether oxygens (including phenoxy) is 2. The van der Waals surface area contributed by atoms with E-state index in [9.17, 15) is 22.8 Å². The first-order chi connectivity index (χ1) is 15.6. The van der Waals surface area contributed by atoms with Crippen molar-refractivity contribution in [3.8, 4) is 11.5 Å². The molecule has 178 valence electrons. The smallest absolute Gasteiger partial charge is 0.490 e. The number of rotatable bonds is 8. The van der Waals surface area contributed by atoms with Gasteiger partial charge in [0.05, 0.1) is 6.54 Å². The van der Waals surface area contributed by atoms with Crippen LogP contribution in [0.5, 0.6) is 11.5 Å². The molecular formula is C23H26F3N3O4. The molecule has 1 saturated heterocycles. The minimum Gasteiger partial charge on any atom is -0.490 e. The average Bonchev–Trinajstić information content (AvgIpc) is 2.76. The molecular weight excluding hydrogens is 439 g/mol. The standard InChI is InChI=1S/C23H26F3N3O4/c1-15(28-14-21(27)30)16-4-2-5-17(12-16)22(31)29-10-8-18(9-11-29)32-19-6-3-7-20(13-19)33-23(24,25)26/h2-7,12-13,15,18,28H,8-11,14H2,1H3,(H2,27,30). The van der Waals surface area contributed by atoms with Gasteiger partial charge in [0.25, 0.3) is 5.91 Å². The molecule has 3 rings (SSSR count). The number of likely N-dealkylation sites (tertiary alicyclic amines) is 1. The first-order valence-electron chi connectivity index (χ1n) is 10.5. The summed E-state index contributed by atoms with van der Waals surface area (Å²) in [6.07, 6.45) is -3.89. The summed E-state index contributed by atoms with van der Waals surface area (Å²) in [5, 5.41) is 3.00. The van der Waals surface area contributed by atoms with Crippen LogP contribution in [0.4, 0.5) is 13.2 Å². The van der Waals surface area contributed by atoms with E-state index in [4.69, 9.17) is 10.5 Å². The molecule has 1 atom stereocenters. The summed E-state index contributed by atoms with van der Waals surface area (Å²) in [6.45, 7) is 2.84. The maximum atomic E-state index is 13.0. The molecule has 2 amide bonds. The number of primary amides is 1. The lowest BCUT2D eigenvalue weighted by molar-refractivity contribution is -0.274. The molecule has 0 aromatic heterocycles. The number of hydrogen-bond donors (Lipinski definition) is 2. The van der Waals surface area contributed by atoms with E-state index in [0.717, 1.165) is 5.56 Å². The number of carbonyl (C=O) groups is 2. The van der Waals surface area contributed by atoms with Gasteiger partial charge in [-0.15, -0.1) is 13.2 Å². The van der Waals surface area contributed by atoms with E-state index in [0.29, 0.717) is 31.5 Å². The Morgan fingerprint density at radius 1 is 1.12 bits per heavy atom. The minimum absolute atomic E-state index is 0.0398. The molecule has 1 heterocycles. The maximum Gasteiger partial charge on any atom is 0.573 e. The van der Waals surface area contributed by atoms with Crippen molar-refractivity contribution >= 4 is 11.8 Å². The van der Waals surface area contributed by atoms with Gasteiger partial charge in [0, 0.05) is 43.6 Å². The molecule has 0 saturated carbocycles. The number of nitrogens with two attached hydrogens (primary N) is 1. The van der Waals surface area contributed by atoms with Crippen LogP contribution in [0.1, 0.15) is 41.7 Å². The van der Waals surface area contributed by atoms with Crippen LogP contribution in [-0.2, 0) is 4.79 Å². The molecule has 10 heteroatoms. The Morgan fingerprint density at radius 3 is 2.45 bits per heavy atom. The lowest BCUT2D eigenvalue weighted by atomic mass is 10.0. The molecule has 0 aliphatic carbocycles. The van der Waals surface area contributed by atoms with Gasteiger partial charge in [0.2, 0.25) is 5.91 Å². The Kier molecular flexibility index (Phi) is 7.80. The number of amides is 2. The van der Waals surface area contributed by atoms with Crippen LogP contribution in [0, 0.1) is 0 Å². The van der Waals surface area contributed by atoms with Crippen LogP contribution in [0.3, 0.4) is 0 Å².